The molecule has 1 saturated heterocycles. The zero-order valence-electron chi connectivity index (χ0n) is 12.4. The van der Waals surface area contributed by atoms with E-state index in [0.29, 0.717) is 29.0 Å². The van der Waals surface area contributed by atoms with Crippen molar-refractivity contribution in [3.05, 3.63) is 27.2 Å². The molecule has 0 aromatic heterocycles. The van der Waals surface area contributed by atoms with Crippen molar-refractivity contribution >= 4 is 39.1 Å². The van der Waals surface area contributed by atoms with Crippen molar-refractivity contribution in [1.82, 2.24) is 4.31 Å². The van der Waals surface area contributed by atoms with E-state index in [4.69, 9.17) is 28.9 Å². The maximum absolute atomic E-state index is 12.9. The number of nitrogens with two attached hydrogens (primary N) is 1. The van der Waals surface area contributed by atoms with Crippen molar-refractivity contribution in [1.29, 1.82) is 0 Å². The lowest BCUT2D eigenvalue weighted by atomic mass is 9.98. The fourth-order valence-corrected chi connectivity index (χ4v) is 5.27. The molecule has 0 unspecified atom stereocenters. The van der Waals surface area contributed by atoms with Gasteiger partial charge in [0, 0.05) is 24.0 Å². The van der Waals surface area contributed by atoms with Crippen LogP contribution in [-0.4, -0.2) is 31.7 Å². The van der Waals surface area contributed by atoms with Crippen molar-refractivity contribution in [3.63, 3.8) is 0 Å². The number of halogens is 2. The number of hydrogen-bond acceptors (Lipinski definition) is 3. The molecule has 1 fully saturated rings. The fourth-order valence-electron chi connectivity index (χ4n) is 2.63. The lowest BCUT2D eigenvalue weighted by Crippen LogP contribution is -2.42. The topological polar surface area (TPSA) is 80.5 Å². The van der Waals surface area contributed by atoms with E-state index in [0.717, 1.165) is 0 Å². The largest absolute Gasteiger partial charge is 0.369 e. The van der Waals surface area contributed by atoms with E-state index in [1.807, 2.05) is 0 Å². The lowest BCUT2D eigenvalue weighted by molar-refractivity contribution is -0.122. The summed E-state index contributed by atoms with van der Waals surface area (Å²) in [6.45, 7) is 3.84. The zero-order valence-corrected chi connectivity index (χ0v) is 14.7. The molecule has 22 heavy (non-hydrogen) atoms. The molecule has 1 aromatic rings. The predicted molar refractivity (Wildman–Crippen MR) is 86.6 cm³/mol. The average molecular weight is 365 g/mol. The second kappa shape index (κ2) is 6.35. The van der Waals surface area contributed by atoms with Crippen LogP contribution in [0.1, 0.15) is 24.0 Å². The zero-order chi connectivity index (χ0) is 16.7. The molecule has 1 aliphatic heterocycles. The second-order valence-corrected chi connectivity index (χ2v) is 8.18. The van der Waals surface area contributed by atoms with Gasteiger partial charge < -0.3 is 5.73 Å². The van der Waals surface area contributed by atoms with Crippen molar-refractivity contribution in [3.8, 4) is 0 Å². The molecule has 5 nitrogen and oxygen atoms in total. The molecule has 0 aliphatic carbocycles. The smallest absolute Gasteiger partial charge is 0.244 e. The Morgan fingerprint density at radius 3 is 2.32 bits per heavy atom. The monoisotopic (exact) mass is 364 g/mol. The van der Waals surface area contributed by atoms with Crippen LogP contribution in [0.15, 0.2) is 11.0 Å². The molecule has 0 saturated carbocycles. The summed E-state index contributed by atoms with van der Waals surface area (Å²) >= 11 is 12.3. The molecule has 0 spiro atoms. The average Bonchev–Trinajstić information content (AvgIpc) is 2.45. The minimum Gasteiger partial charge on any atom is -0.369 e. The van der Waals surface area contributed by atoms with Gasteiger partial charge in [-0.3, -0.25) is 4.79 Å². The van der Waals surface area contributed by atoms with E-state index in [2.05, 4.69) is 0 Å². The van der Waals surface area contributed by atoms with Gasteiger partial charge in [-0.25, -0.2) is 8.42 Å². The summed E-state index contributed by atoms with van der Waals surface area (Å²) in [5, 5.41) is 0.562. The molecule has 0 bridgehead atoms. The van der Waals surface area contributed by atoms with Crippen LogP contribution in [0.3, 0.4) is 0 Å². The standard InChI is InChI=1S/C14H18Cl2N2O3S/c1-8-7-11(15)9(2)13(12(8)16)22(20,21)18-5-3-10(4-6-18)14(17)19/h7,10H,3-6H2,1-2H3,(H2,17,19). The molecular weight excluding hydrogens is 347 g/mol. The number of amides is 1. The molecule has 2 rings (SSSR count). The Morgan fingerprint density at radius 1 is 1.27 bits per heavy atom. The molecule has 1 aromatic carbocycles. The van der Waals surface area contributed by atoms with E-state index in [9.17, 15) is 13.2 Å². The molecule has 1 amide bonds. The van der Waals surface area contributed by atoms with Gasteiger partial charge in [0.1, 0.15) is 4.90 Å². The van der Waals surface area contributed by atoms with E-state index in [1.54, 1.807) is 19.9 Å². The van der Waals surface area contributed by atoms with E-state index in [1.165, 1.54) is 4.31 Å². The summed E-state index contributed by atoms with van der Waals surface area (Å²) in [4.78, 5) is 11.2. The van der Waals surface area contributed by atoms with E-state index >= 15 is 0 Å². The van der Waals surface area contributed by atoms with Gasteiger partial charge in [0.25, 0.3) is 0 Å². The first-order valence-corrected chi connectivity index (χ1v) is 9.10. The van der Waals surface area contributed by atoms with Gasteiger partial charge in [0.15, 0.2) is 0 Å². The van der Waals surface area contributed by atoms with Gasteiger partial charge in [-0.1, -0.05) is 23.2 Å². The van der Waals surface area contributed by atoms with E-state index in [-0.39, 0.29) is 34.8 Å². The number of carbonyl (C=O) groups is 1. The normalized spacial score (nSPS) is 17.6. The number of primary amides is 1. The van der Waals surface area contributed by atoms with Crippen LogP contribution >= 0.6 is 23.2 Å². The Hall–Kier alpha value is -0.820. The van der Waals surface area contributed by atoms with Gasteiger partial charge in [-0.2, -0.15) is 4.31 Å². The number of hydrogen-bond donors (Lipinski definition) is 1. The Balaban J connectivity index is 2.39. The van der Waals surface area contributed by atoms with Crippen LogP contribution in [0.5, 0.6) is 0 Å². The van der Waals surface area contributed by atoms with Crippen LogP contribution in [0.4, 0.5) is 0 Å². The van der Waals surface area contributed by atoms with Crippen LogP contribution in [0, 0.1) is 19.8 Å². The Kier molecular flexibility index (Phi) is 5.06. The third-order valence-corrected chi connectivity index (χ3v) is 7.10. The first-order chi connectivity index (χ1) is 10.2. The Morgan fingerprint density at radius 2 is 1.82 bits per heavy atom. The van der Waals surface area contributed by atoms with Gasteiger partial charge in [-0.05, 0) is 43.9 Å². The highest BCUT2D eigenvalue weighted by Gasteiger charge is 2.34. The Bertz CT molecular complexity index is 685. The lowest BCUT2D eigenvalue weighted by Gasteiger charge is -2.30. The first-order valence-electron chi connectivity index (χ1n) is 6.91. The minimum atomic E-state index is -3.75. The van der Waals surface area contributed by atoms with Crippen molar-refractivity contribution in [2.24, 2.45) is 11.7 Å². The highest BCUT2D eigenvalue weighted by Crippen LogP contribution is 2.36. The van der Waals surface area contributed by atoms with Crippen LogP contribution < -0.4 is 5.73 Å². The molecule has 1 heterocycles. The molecular formula is C14H18Cl2N2O3S. The molecule has 122 valence electrons. The minimum absolute atomic E-state index is 0.0525. The van der Waals surface area contributed by atoms with Gasteiger partial charge in [0.2, 0.25) is 15.9 Å². The number of benzene rings is 1. The predicted octanol–water partition coefficient (Wildman–Crippen LogP) is 2.50. The molecule has 0 radical (unpaired) electrons. The summed E-state index contributed by atoms with van der Waals surface area (Å²) in [7, 11) is -3.75. The van der Waals surface area contributed by atoms with Crippen molar-refractivity contribution < 1.29 is 13.2 Å². The molecule has 2 N–H and O–H groups in total. The number of carbonyl (C=O) groups excluding carboxylic acids is 1. The van der Waals surface area contributed by atoms with Crippen LogP contribution in [0.2, 0.25) is 10.0 Å². The third kappa shape index (κ3) is 3.11. The summed E-state index contributed by atoms with van der Waals surface area (Å²) in [5.74, 6) is -0.658. The van der Waals surface area contributed by atoms with Crippen molar-refractivity contribution in [2.45, 2.75) is 31.6 Å². The highest BCUT2D eigenvalue weighted by molar-refractivity contribution is 7.89. The number of piperidine rings is 1. The SMILES string of the molecule is Cc1cc(Cl)c(C)c(S(=O)(=O)N2CCC(C(N)=O)CC2)c1Cl. The summed E-state index contributed by atoms with van der Waals surface area (Å²) in [6, 6.07) is 1.65. The fraction of sp³-hybridized carbons (Fsp3) is 0.500. The van der Waals surface area contributed by atoms with Crippen molar-refractivity contribution in [2.75, 3.05) is 13.1 Å². The third-order valence-electron chi connectivity index (χ3n) is 4.04. The summed E-state index contributed by atoms with van der Waals surface area (Å²) in [6.07, 6.45) is 0.843. The van der Waals surface area contributed by atoms with Crippen LogP contribution in [-0.2, 0) is 14.8 Å². The number of aryl methyl sites for hydroxylation is 1. The quantitative estimate of drug-likeness (QED) is 0.894. The summed E-state index contributed by atoms with van der Waals surface area (Å²) in [5.41, 5.74) is 6.33. The summed E-state index contributed by atoms with van der Waals surface area (Å²) < 4.78 is 27.1. The Labute approximate surface area is 140 Å². The van der Waals surface area contributed by atoms with Gasteiger partial charge in [-0.15, -0.1) is 0 Å². The number of sulfonamides is 1. The first kappa shape index (κ1) is 17.5. The second-order valence-electron chi connectivity index (χ2n) is 5.52. The van der Waals surface area contributed by atoms with Crippen LogP contribution in [0.25, 0.3) is 0 Å². The number of nitrogens with zero attached hydrogens (tertiary/aromatic N) is 1. The number of rotatable bonds is 3. The maximum Gasteiger partial charge on any atom is 0.244 e. The molecule has 8 heteroatoms. The van der Waals surface area contributed by atoms with E-state index < -0.39 is 10.0 Å². The highest BCUT2D eigenvalue weighted by atomic mass is 35.5. The molecule has 1 aliphatic rings. The van der Waals surface area contributed by atoms with Gasteiger partial charge >= 0.3 is 0 Å². The van der Waals surface area contributed by atoms with Gasteiger partial charge in [0.05, 0.1) is 5.02 Å². The maximum atomic E-state index is 12.9. The molecule has 0 atom stereocenters.